The van der Waals surface area contributed by atoms with Gasteiger partial charge in [-0.2, -0.15) is 0 Å². The lowest BCUT2D eigenvalue weighted by Gasteiger charge is -2.16. The summed E-state index contributed by atoms with van der Waals surface area (Å²) >= 11 is 0. The second-order valence-electron chi connectivity index (χ2n) is 4.35. The van der Waals surface area contributed by atoms with E-state index >= 15 is 0 Å². The Labute approximate surface area is 108 Å². The molecule has 1 aromatic rings. The Kier molecular flexibility index (Phi) is 5.61. The van der Waals surface area contributed by atoms with Gasteiger partial charge in [0.25, 0.3) is 0 Å². The van der Waals surface area contributed by atoms with Gasteiger partial charge in [0, 0.05) is 25.0 Å². The molecule has 1 aromatic carbocycles. The van der Waals surface area contributed by atoms with E-state index in [1.165, 1.54) is 0 Å². The van der Waals surface area contributed by atoms with Crippen molar-refractivity contribution < 1.29 is 9.53 Å². The molecule has 100 valence electrons. The van der Waals surface area contributed by atoms with Gasteiger partial charge >= 0.3 is 0 Å². The molecule has 0 atom stereocenters. The zero-order chi connectivity index (χ0) is 13.5. The molecule has 18 heavy (non-hydrogen) atoms. The average Bonchev–Trinajstić information content (AvgIpc) is 2.31. The minimum Gasteiger partial charge on any atom is -0.399 e. The Morgan fingerprint density at radius 3 is 2.89 bits per heavy atom. The number of methoxy groups -OCH3 is 1. The first-order valence-electron chi connectivity index (χ1n) is 5.86. The molecule has 0 spiro atoms. The van der Waals surface area contributed by atoms with E-state index in [-0.39, 0.29) is 5.91 Å². The Balaban J connectivity index is 2.51. The molecule has 0 radical (unpaired) electrons. The molecular formula is C13H21N3O2. The molecule has 5 nitrogen and oxygen atoms in total. The molecule has 5 heteroatoms. The lowest BCUT2D eigenvalue weighted by Crippen LogP contribution is -2.32. The molecule has 0 fully saturated rings. The van der Waals surface area contributed by atoms with E-state index in [1.807, 2.05) is 31.0 Å². The van der Waals surface area contributed by atoms with Gasteiger partial charge in [-0.25, -0.2) is 0 Å². The summed E-state index contributed by atoms with van der Waals surface area (Å²) in [5.74, 6) is -0.0534. The maximum Gasteiger partial charge on any atom is 0.238 e. The molecule has 0 aliphatic heterocycles. The molecule has 0 aliphatic carbocycles. The highest BCUT2D eigenvalue weighted by atomic mass is 16.5. The summed E-state index contributed by atoms with van der Waals surface area (Å²) in [6.07, 6.45) is 0. The maximum atomic E-state index is 11.8. The summed E-state index contributed by atoms with van der Waals surface area (Å²) in [7, 11) is 3.52. The van der Waals surface area contributed by atoms with Crippen molar-refractivity contribution in [2.75, 3.05) is 44.9 Å². The number of carbonyl (C=O) groups excluding carboxylic acids is 1. The Bertz CT molecular complexity index is 407. The van der Waals surface area contributed by atoms with Crippen LogP contribution < -0.4 is 11.1 Å². The number of carbonyl (C=O) groups is 1. The van der Waals surface area contributed by atoms with E-state index in [1.54, 1.807) is 13.2 Å². The molecule has 0 saturated heterocycles. The lowest BCUT2D eigenvalue weighted by molar-refractivity contribution is -0.117. The van der Waals surface area contributed by atoms with Gasteiger partial charge in [0.05, 0.1) is 13.2 Å². The van der Waals surface area contributed by atoms with E-state index in [0.29, 0.717) is 18.8 Å². The van der Waals surface area contributed by atoms with Crippen LogP contribution in [0, 0.1) is 6.92 Å². The predicted octanol–water partition coefficient (Wildman–Crippen LogP) is 1.09. The first-order valence-corrected chi connectivity index (χ1v) is 5.86. The van der Waals surface area contributed by atoms with Crippen LogP contribution in [-0.4, -0.2) is 44.7 Å². The summed E-state index contributed by atoms with van der Waals surface area (Å²) in [6, 6.07) is 5.47. The third-order valence-corrected chi connectivity index (χ3v) is 2.63. The normalized spacial score (nSPS) is 10.7. The molecule has 0 saturated carbocycles. The molecule has 0 aromatic heterocycles. The number of hydrogen-bond donors (Lipinski definition) is 2. The van der Waals surface area contributed by atoms with Crippen LogP contribution in [0.25, 0.3) is 0 Å². The standard InChI is InChI=1S/C13H21N3O2/c1-10-4-5-11(14)8-12(10)15-13(17)9-16(2)6-7-18-3/h4-5,8H,6-7,9,14H2,1-3H3,(H,15,17). The van der Waals surface area contributed by atoms with E-state index in [2.05, 4.69) is 5.32 Å². The summed E-state index contributed by atoms with van der Waals surface area (Å²) in [6.45, 7) is 3.60. The largest absolute Gasteiger partial charge is 0.399 e. The van der Waals surface area contributed by atoms with Gasteiger partial charge in [-0.3, -0.25) is 9.69 Å². The van der Waals surface area contributed by atoms with Crippen molar-refractivity contribution in [3.05, 3.63) is 23.8 Å². The van der Waals surface area contributed by atoms with Crippen molar-refractivity contribution in [2.24, 2.45) is 0 Å². The second kappa shape index (κ2) is 6.98. The Morgan fingerprint density at radius 1 is 1.50 bits per heavy atom. The quantitative estimate of drug-likeness (QED) is 0.743. The average molecular weight is 251 g/mol. The lowest BCUT2D eigenvalue weighted by atomic mass is 10.2. The number of nitrogens with zero attached hydrogens (tertiary/aromatic N) is 1. The number of nitrogens with one attached hydrogen (secondary N) is 1. The third kappa shape index (κ3) is 4.73. The number of anilines is 2. The van der Waals surface area contributed by atoms with Gasteiger partial charge in [-0.05, 0) is 31.7 Å². The third-order valence-electron chi connectivity index (χ3n) is 2.63. The summed E-state index contributed by atoms with van der Waals surface area (Å²) in [4.78, 5) is 13.7. The SMILES string of the molecule is COCCN(C)CC(=O)Nc1cc(N)ccc1C. The molecule has 0 heterocycles. The fourth-order valence-corrected chi connectivity index (χ4v) is 1.54. The fraction of sp³-hybridized carbons (Fsp3) is 0.462. The van der Waals surface area contributed by atoms with Gasteiger partial charge in [-0.1, -0.05) is 6.07 Å². The van der Waals surface area contributed by atoms with E-state index in [4.69, 9.17) is 10.5 Å². The van der Waals surface area contributed by atoms with Crippen molar-refractivity contribution in [3.63, 3.8) is 0 Å². The highest BCUT2D eigenvalue weighted by Crippen LogP contribution is 2.17. The van der Waals surface area contributed by atoms with Crippen LogP contribution in [0.1, 0.15) is 5.56 Å². The molecular weight excluding hydrogens is 230 g/mol. The van der Waals surface area contributed by atoms with Crippen LogP contribution in [0.5, 0.6) is 0 Å². The number of aryl methyl sites for hydroxylation is 1. The molecule has 1 amide bonds. The van der Waals surface area contributed by atoms with Crippen LogP contribution in [0.2, 0.25) is 0 Å². The number of amides is 1. The second-order valence-corrected chi connectivity index (χ2v) is 4.35. The van der Waals surface area contributed by atoms with Crippen LogP contribution in [0.4, 0.5) is 11.4 Å². The summed E-state index contributed by atoms with van der Waals surface area (Å²) in [5.41, 5.74) is 8.10. The summed E-state index contributed by atoms with van der Waals surface area (Å²) in [5, 5.41) is 2.86. The van der Waals surface area contributed by atoms with Crippen molar-refractivity contribution in [2.45, 2.75) is 6.92 Å². The number of benzene rings is 1. The number of rotatable bonds is 6. The highest BCUT2D eigenvalue weighted by molar-refractivity contribution is 5.93. The maximum absolute atomic E-state index is 11.8. The smallest absolute Gasteiger partial charge is 0.238 e. The number of likely N-dealkylation sites (N-methyl/N-ethyl adjacent to an activating group) is 1. The Hall–Kier alpha value is -1.59. The monoisotopic (exact) mass is 251 g/mol. The molecule has 3 N–H and O–H groups in total. The zero-order valence-corrected chi connectivity index (χ0v) is 11.2. The summed E-state index contributed by atoms with van der Waals surface area (Å²) < 4.78 is 4.96. The van der Waals surface area contributed by atoms with Crippen molar-refractivity contribution in [3.8, 4) is 0 Å². The van der Waals surface area contributed by atoms with Gasteiger partial charge in [0.2, 0.25) is 5.91 Å². The number of hydrogen-bond acceptors (Lipinski definition) is 4. The first kappa shape index (κ1) is 14.5. The minimum atomic E-state index is -0.0534. The highest BCUT2D eigenvalue weighted by Gasteiger charge is 2.08. The van der Waals surface area contributed by atoms with Gasteiger partial charge in [0.1, 0.15) is 0 Å². The van der Waals surface area contributed by atoms with Crippen LogP contribution >= 0.6 is 0 Å². The van der Waals surface area contributed by atoms with Gasteiger partial charge < -0.3 is 15.8 Å². The number of nitrogen functional groups attached to an aromatic ring is 1. The molecule has 1 rings (SSSR count). The first-order chi connectivity index (χ1) is 8.52. The molecule has 0 unspecified atom stereocenters. The van der Waals surface area contributed by atoms with Crippen molar-refractivity contribution >= 4 is 17.3 Å². The Morgan fingerprint density at radius 2 is 2.22 bits per heavy atom. The van der Waals surface area contributed by atoms with Crippen molar-refractivity contribution in [1.82, 2.24) is 4.90 Å². The van der Waals surface area contributed by atoms with E-state index in [0.717, 1.165) is 17.8 Å². The minimum absolute atomic E-state index is 0.0534. The van der Waals surface area contributed by atoms with E-state index in [9.17, 15) is 4.79 Å². The number of nitrogens with two attached hydrogens (primary N) is 1. The predicted molar refractivity (Wildman–Crippen MR) is 73.6 cm³/mol. The molecule has 0 aliphatic rings. The van der Waals surface area contributed by atoms with Crippen molar-refractivity contribution in [1.29, 1.82) is 0 Å². The number of ether oxygens (including phenoxy) is 1. The topological polar surface area (TPSA) is 67.6 Å². The van der Waals surface area contributed by atoms with Crippen LogP contribution in [-0.2, 0) is 9.53 Å². The van der Waals surface area contributed by atoms with E-state index < -0.39 is 0 Å². The molecule has 0 bridgehead atoms. The van der Waals surface area contributed by atoms with Gasteiger partial charge in [-0.15, -0.1) is 0 Å². The zero-order valence-electron chi connectivity index (χ0n) is 11.2. The van der Waals surface area contributed by atoms with Gasteiger partial charge in [0.15, 0.2) is 0 Å². The van der Waals surface area contributed by atoms with Crippen LogP contribution in [0.15, 0.2) is 18.2 Å². The fourth-order valence-electron chi connectivity index (χ4n) is 1.54. The van der Waals surface area contributed by atoms with Crippen LogP contribution in [0.3, 0.4) is 0 Å².